The van der Waals surface area contributed by atoms with E-state index in [9.17, 15) is 17.6 Å². The van der Waals surface area contributed by atoms with E-state index < -0.39 is 22.4 Å². The molecule has 1 unspecified atom stereocenters. The number of hydrogen-bond donors (Lipinski definition) is 1. The van der Waals surface area contributed by atoms with Crippen LogP contribution in [0.3, 0.4) is 0 Å². The van der Waals surface area contributed by atoms with Gasteiger partial charge in [0.25, 0.3) is 0 Å². The Morgan fingerprint density at radius 1 is 0.844 bits per heavy atom. The largest absolute Gasteiger partial charge is 0.416 e. The van der Waals surface area contributed by atoms with E-state index >= 15 is 0 Å². The third-order valence-corrected chi connectivity index (χ3v) is 6.52. The van der Waals surface area contributed by atoms with Crippen LogP contribution in [0.15, 0.2) is 79.1 Å². The van der Waals surface area contributed by atoms with Crippen molar-refractivity contribution >= 4 is 33.4 Å². The molecule has 0 radical (unpaired) electrons. The van der Waals surface area contributed by atoms with Gasteiger partial charge in [0.2, 0.25) is 0 Å². The molecule has 0 aliphatic rings. The molecule has 0 aliphatic heterocycles. The second-order valence-electron chi connectivity index (χ2n) is 7.80. The van der Waals surface area contributed by atoms with Gasteiger partial charge in [-0.1, -0.05) is 30.3 Å². The van der Waals surface area contributed by atoms with Crippen LogP contribution in [0.5, 0.6) is 0 Å². The van der Waals surface area contributed by atoms with Crippen LogP contribution in [0, 0.1) is 5.82 Å². The lowest BCUT2D eigenvalue weighted by atomic mass is 9.83. The molecule has 0 saturated carbocycles. The summed E-state index contributed by atoms with van der Waals surface area (Å²) in [4.78, 5) is 1.74. The Kier molecular flexibility index (Phi) is 4.60. The first kappa shape index (κ1) is 20.6. The Morgan fingerprint density at radius 2 is 1.53 bits per heavy atom. The number of hydrogen-bond acceptors (Lipinski definition) is 0. The van der Waals surface area contributed by atoms with Crippen LogP contribution in [0.4, 0.5) is 17.6 Å². The summed E-state index contributed by atoms with van der Waals surface area (Å²) in [6.07, 6.45) is -0.875. The second-order valence-corrected chi connectivity index (χ2v) is 8.36. The van der Waals surface area contributed by atoms with Gasteiger partial charge in [0.05, 0.1) is 5.56 Å². The highest BCUT2D eigenvalue weighted by molar-refractivity contribution is 6.30. The summed E-state index contributed by atoms with van der Waals surface area (Å²) in [5.41, 5.74) is 2.57. The van der Waals surface area contributed by atoms with Crippen LogP contribution < -0.4 is 0 Å². The Balaban J connectivity index is 1.83. The average molecular weight is 457 g/mol. The smallest absolute Gasteiger partial charge is 0.361 e. The van der Waals surface area contributed by atoms with Crippen molar-refractivity contribution in [2.45, 2.75) is 11.1 Å². The summed E-state index contributed by atoms with van der Waals surface area (Å²) >= 11 is 7.43. The third-order valence-electron chi connectivity index (χ3n) is 5.89. The number of para-hydroxylation sites is 1. The summed E-state index contributed by atoms with van der Waals surface area (Å²) in [6, 6.07) is 16.9. The lowest BCUT2D eigenvalue weighted by Gasteiger charge is -2.28. The molecule has 5 rings (SSSR count). The Labute approximate surface area is 186 Å². The van der Waals surface area contributed by atoms with Gasteiger partial charge < -0.3 is 9.55 Å². The van der Waals surface area contributed by atoms with Crippen LogP contribution in [0.1, 0.15) is 22.3 Å². The van der Waals surface area contributed by atoms with E-state index in [0.29, 0.717) is 22.0 Å². The zero-order valence-electron chi connectivity index (χ0n) is 16.8. The quantitative estimate of drug-likeness (QED) is 0.216. The van der Waals surface area contributed by atoms with E-state index in [-0.39, 0.29) is 0 Å². The van der Waals surface area contributed by atoms with Crippen molar-refractivity contribution in [2.75, 3.05) is 0 Å². The van der Waals surface area contributed by atoms with Gasteiger partial charge >= 0.3 is 6.18 Å². The summed E-state index contributed by atoms with van der Waals surface area (Å²) in [7, 11) is 1.89. The van der Waals surface area contributed by atoms with Crippen LogP contribution in [0.2, 0.25) is 0 Å². The van der Waals surface area contributed by atoms with Gasteiger partial charge in [0, 0.05) is 52.4 Å². The lowest BCUT2D eigenvalue weighted by molar-refractivity contribution is -0.137. The fourth-order valence-electron chi connectivity index (χ4n) is 4.34. The number of nitrogens with one attached hydrogen (secondary N) is 1. The molecule has 0 saturated heterocycles. The van der Waals surface area contributed by atoms with E-state index in [4.69, 9.17) is 11.6 Å². The number of H-pyrrole nitrogens is 1. The monoisotopic (exact) mass is 456 g/mol. The van der Waals surface area contributed by atoms with Crippen molar-refractivity contribution in [1.29, 1.82) is 0 Å². The molecular weight excluding hydrogens is 440 g/mol. The standard InChI is InChI=1S/C25H17ClF4N2/c1-32-14-21(19-4-2-3-5-23(19)32)24(26,15-6-8-16(9-7-15)25(28,29)30)20-13-31-22-12-17(27)10-11-18(20)22/h2-14,31H,1H3. The molecule has 7 heteroatoms. The van der Waals surface area contributed by atoms with Crippen molar-refractivity contribution in [2.24, 2.45) is 7.05 Å². The Morgan fingerprint density at radius 3 is 2.25 bits per heavy atom. The van der Waals surface area contributed by atoms with Gasteiger partial charge in [-0.25, -0.2) is 4.39 Å². The molecule has 2 nitrogen and oxygen atoms in total. The molecule has 0 fully saturated rings. The number of rotatable bonds is 3. The first-order chi connectivity index (χ1) is 15.2. The van der Waals surface area contributed by atoms with E-state index in [1.165, 1.54) is 24.3 Å². The second kappa shape index (κ2) is 7.14. The number of benzene rings is 3. The zero-order valence-corrected chi connectivity index (χ0v) is 17.6. The number of alkyl halides is 4. The van der Waals surface area contributed by atoms with E-state index in [0.717, 1.165) is 28.6 Å². The number of fused-ring (bicyclic) bond motifs is 2. The molecule has 32 heavy (non-hydrogen) atoms. The average Bonchev–Trinajstić information content (AvgIpc) is 3.34. The molecule has 0 aliphatic carbocycles. The van der Waals surface area contributed by atoms with Crippen LogP contribution >= 0.6 is 11.6 Å². The number of nitrogens with zero attached hydrogens (tertiary/aromatic N) is 1. The van der Waals surface area contributed by atoms with Crippen molar-refractivity contribution in [1.82, 2.24) is 9.55 Å². The Bertz CT molecular complexity index is 1450. The first-order valence-electron chi connectivity index (χ1n) is 9.88. The summed E-state index contributed by atoms with van der Waals surface area (Å²) in [5.74, 6) is -0.397. The number of aromatic amines is 1. The fourth-order valence-corrected chi connectivity index (χ4v) is 4.78. The molecule has 2 heterocycles. The SMILES string of the molecule is Cn1cc(C(Cl)(c2ccc(C(F)(F)F)cc2)c2c[nH]c3cc(F)ccc23)c2ccccc21. The van der Waals surface area contributed by atoms with Gasteiger partial charge in [-0.3, -0.25) is 0 Å². The number of aryl methyl sites for hydroxylation is 1. The minimum atomic E-state index is -4.45. The summed E-state index contributed by atoms with van der Waals surface area (Å²) in [5, 5.41) is 1.57. The first-order valence-corrected chi connectivity index (χ1v) is 10.3. The van der Waals surface area contributed by atoms with Crippen molar-refractivity contribution in [3.8, 4) is 0 Å². The molecule has 1 atom stereocenters. The zero-order chi connectivity index (χ0) is 22.7. The minimum Gasteiger partial charge on any atom is -0.361 e. The van der Waals surface area contributed by atoms with Crippen LogP contribution in [0.25, 0.3) is 21.8 Å². The predicted octanol–water partition coefficient (Wildman–Crippen LogP) is 7.35. The predicted molar refractivity (Wildman–Crippen MR) is 118 cm³/mol. The maximum absolute atomic E-state index is 13.8. The number of halogens is 5. The molecule has 162 valence electrons. The molecule has 0 amide bonds. The van der Waals surface area contributed by atoms with Crippen molar-refractivity contribution in [3.63, 3.8) is 0 Å². The Hall–Kier alpha value is -3.25. The van der Waals surface area contributed by atoms with Gasteiger partial charge in [-0.15, -0.1) is 11.6 Å². The maximum Gasteiger partial charge on any atom is 0.416 e. The van der Waals surface area contributed by atoms with E-state index in [1.807, 2.05) is 42.1 Å². The fraction of sp³-hybridized carbons (Fsp3) is 0.120. The summed E-state index contributed by atoms with van der Waals surface area (Å²) in [6.45, 7) is 0. The van der Waals surface area contributed by atoms with Crippen LogP contribution in [-0.4, -0.2) is 9.55 Å². The van der Waals surface area contributed by atoms with Gasteiger partial charge in [0.1, 0.15) is 10.7 Å². The van der Waals surface area contributed by atoms with Gasteiger partial charge in [-0.2, -0.15) is 13.2 Å². The summed E-state index contributed by atoms with van der Waals surface area (Å²) < 4.78 is 55.3. The van der Waals surface area contributed by atoms with E-state index in [1.54, 1.807) is 12.3 Å². The van der Waals surface area contributed by atoms with Gasteiger partial charge in [0.15, 0.2) is 0 Å². The highest BCUT2D eigenvalue weighted by atomic mass is 35.5. The molecule has 1 N–H and O–H groups in total. The normalized spacial score (nSPS) is 14.2. The topological polar surface area (TPSA) is 20.7 Å². The molecular formula is C25H17ClF4N2. The molecule has 0 bridgehead atoms. The highest BCUT2D eigenvalue weighted by Crippen LogP contribution is 2.49. The highest BCUT2D eigenvalue weighted by Gasteiger charge is 2.39. The van der Waals surface area contributed by atoms with Crippen molar-refractivity contribution < 1.29 is 17.6 Å². The van der Waals surface area contributed by atoms with Crippen LogP contribution in [-0.2, 0) is 18.1 Å². The number of aromatic nitrogens is 2. The molecule has 3 aromatic carbocycles. The molecule has 0 spiro atoms. The van der Waals surface area contributed by atoms with Crippen molar-refractivity contribution in [3.05, 3.63) is 107 Å². The lowest BCUT2D eigenvalue weighted by Crippen LogP contribution is -2.22. The molecule has 2 aromatic heterocycles. The van der Waals surface area contributed by atoms with E-state index in [2.05, 4.69) is 4.98 Å². The van der Waals surface area contributed by atoms with Gasteiger partial charge in [-0.05, 0) is 42.0 Å². The molecule has 5 aromatic rings. The minimum absolute atomic E-state index is 0.397. The maximum atomic E-state index is 13.8. The third kappa shape index (κ3) is 3.09.